The van der Waals surface area contributed by atoms with E-state index in [0.717, 1.165) is 24.0 Å². The number of hydrogen-bond donors (Lipinski definition) is 1. The second kappa shape index (κ2) is 4.97. The molecule has 0 saturated heterocycles. The molecule has 0 bridgehead atoms. The van der Waals surface area contributed by atoms with Crippen LogP contribution in [0.15, 0.2) is 17.0 Å². The third-order valence-corrected chi connectivity index (χ3v) is 3.63. The van der Waals surface area contributed by atoms with Crippen LogP contribution in [0.25, 0.3) is 0 Å². The first-order valence-electron chi connectivity index (χ1n) is 5.50. The molecule has 16 heavy (non-hydrogen) atoms. The molecule has 4 heteroatoms. The third kappa shape index (κ3) is 2.83. The van der Waals surface area contributed by atoms with Crippen LogP contribution < -0.4 is 0 Å². The fraction of sp³-hybridized carbons (Fsp3) is 0.500. The van der Waals surface area contributed by atoms with Crippen molar-refractivity contribution in [2.45, 2.75) is 44.9 Å². The lowest BCUT2D eigenvalue weighted by Crippen LogP contribution is -2.05. The zero-order valence-corrected chi connectivity index (χ0v) is 10.8. The summed E-state index contributed by atoms with van der Waals surface area (Å²) in [4.78, 5) is 0.0593. The van der Waals surface area contributed by atoms with E-state index in [1.807, 2.05) is 26.8 Å². The van der Waals surface area contributed by atoms with Crippen LogP contribution in [0.4, 0.5) is 0 Å². The SMILES string of the molecule is CCCc1cc(CC)c(C)cc1S(=O)(=O)O. The lowest BCUT2D eigenvalue weighted by atomic mass is 10.0. The highest BCUT2D eigenvalue weighted by Crippen LogP contribution is 2.22. The van der Waals surface area contributed by atoms with Gasteiger partial charge in [-0.15, -0.1) is 0 Å². The Morgan fingerprint density at radius 3 is 2.25 bits per heavy atom. The molecule has 0 aliphatic rings. The topological polar surface area (TPSA) is 54.4 Å². The van der Waals surface area contributed by atoms with Gasteiger partial charge in [-0.1, -0.05) is 26.3 Å². The molecule has 0 radical (unpaired) electrons. The summed E-state index contributed by atoms with van der Waals surface area (Å²) in [7, 11) is -4.10. The molecule has 0 fully saturated rings. The second-order valence-corrected chi connectivity index (χ2v) is 5.35. The largest absolute Gasteiger partial charge is 0.294 e. The molecule has 0 aromatic heterocycles. The Morgan fingerprint density at radius 2 is 1.81 bits per heavy atom. The summed E-state index contributed by atoms with van der Waals surface area (Å²) in [5.74, 6) is 0. The monoisotopic (exact) mass is 242 g/mol. The molecule has 0 aliphatic heterocycles. The molecule has 1 aromatic rings. The Kier molecular flexibility index (Phi) is 4.10. The first-order chi connectivity index (χ1) is 7.40. The highest BCUT2D eigenvalue weighted by Gasteiger charge is 2.16. The van der Waals surface area contributed by atoms with Crippen molar-refractivity contribution in [3.63, 3.8) is 0 Å². The van der Waals surface area contributed by atoms with Crippen molar-refractivity contribution in [3.05, 3.63) is 28.8 Å². The molecule has 0 atom stereocenters. The van der Waals surface area contributed by atoms with Gasteiger partial charge in [0.1, 0.15) is 0 Å². The van der Waals surface area contributed by atoms with Crippen molar-refractivity contribution >= 4 is 10.1 Å². The van der Waals surface area contributed by atoms with E-state index < -0.39 is 10.1 Å². The van der Waals surface area contributed by atoms with Crippen LogP contribution in [0.1, 0.15) is 37.0 Å². The van der Waals surface area contributed by atoms with Crippen LogP contribution in [0, 0.1) is 6.92 Å². The average molecular weight is 242 g/mol. The van der Waals surface area contributed by atoms with Gasteiger partial charge in [0.2, 0.25) is 0 Å². The fourth-order valence-electron chi connectivity index (χ4n) is 1.86. The number of hydrogen-bond acceptors (Lipinski definition) is 2. The Hall–Kier alpha value is -0.870. The van der Waals surface area contributed by atoms with Crippen molar-refractivity contribution in [1.29, 1.82) is 0 Å². The maximum atomic E-state index is 11.2. The fourth-order valence-corrected chi connectivity index (χ4v) is 2.68. The van der Waals surface area contributed by atoms with Crippen LogP contribution >= 0.6 is 0 Å². The van der Waals surface area contributed by atoms with Gasteiger partial charge in [0.05, 0.1) is 4.90 Å². The van der Waals surface area contributed by atoms with E-state index in [4.69, 9.17) is 4.55 Å². The summed E-state index contributed by atoms with van der Waals surface area (Å²) in [5.41, 5.74) is 2.76. The molecule has 0 saturated carbocycles. The van der Waals surface area contributed by atoms with Gasteiger partial charge in [0.25, 0.3) is 10.1 Å². The predicted molar refractivity (Wildman–Crippen MR) is 64.4 cm³/mol. The summed E-state index contributed by atoms with van der Waals surface area (Å²) in [5, 5.41) is 0. The zero-order valence-electron chi connectivity index (χ0n) is 9.95. The van der Waals surface area contributed by atoms with E-state index in [9.17, 15) is 8.42 Å². The molecule has 1 rings (SSSR count). The lowest BCUT2D eigenvalue weighted by molar-refractivity contribution is 0.482. The van der Waals surface area contributed by atoms with Gasteiger partial charge in [0, 0.05) is 0 Å². The van der Waals surface area contributed by atoms with Gasteiger partial charge < -0.3 is 0 Å². The average Bonchev–Trinajstić information content (AvgIpc) is 2.19. The molecule has 1 aromatic carbocycles. The minimum Gasteiger partial charge on any atom is -0.282 e. The van der Waals surface area contributed by atoms with Crippen molar-refractivity contribution in [1.82, 2.24) is 0 Å². The Bertz CT molecular complexity index is 475. The zero-order chi connectivity index (χ0) is 12.3. The number of benzene rings is 1. The number of rotatable bonds is 4. The van der Waals surface area contributed by atoms with Crippen LogP contribution in [0.5, 0.6) is 0 Å². The van der Waals surface area contributed by atoms with Crippen molar-refractivity contribution in [2.24, 2.45) is 0 Å². The van der Waals surface area contributed by atoms with Crippen LogP contribution in [0.3, 0.4) is 0 Å². The normalized spacial score (nSPS) is 11.8. The van der Waals surface area contributed by atoms with Crippen LogP contribution in [-0.2, 0) is 23.0 Å². The first-order valence-corrected chi connectivity index (χ1v) is 6.94. The van der Waals surface area contributed by atoms with Gasteiger partial charge in [-0.3, -0.25) is 4.55 Å². The highest BCUT2D eigenvalue weighted by atomic mass is 32.2. The van der Waals surface area contributed by atoms with Gasteiger partial charge in [0.15, 0.2) is 0 Å². The van der Waals surface area contributed by atoms with E-state index in [1.165, 1.54) is 0 Å². The Labute approximate surface area is 97.2 Å². The third-order valence-electron chi connectivity index (χ3n) is 2.70. The molecule has 0 heterocycles. The summed E-state index contributed by atoms with van der Waals surface area (Å²) in [6.45, 7) is 5.88. The van der Waals surface area contributed by atoms with E-state index in [0.29, 0.717) is 12.0 Å². The summed E-state index contributed by atoms with van der Waals surface area (Å²) < 4.78 is 31.6. The van der Waals surface area contributed by atoms with Crippen LogP contribution in [0.2, 0.25) is 0 Å². The van der Waals surface area contributed by atoms with Crippen molar-refractivity contribution in [2.75, 3.05) is 0 Å². The Morgan fingerprint density at radius 1 is 1.19 bits per heavy atom. The highest BCUT2D eigenvalue weighted by molar-refractivity contribution is 7.85. The van der Waals surface area contributed by atoms with Crippen molar-refractivity contribution < 1.29 is 13.0 Å². The molecule has 0 unspecified atom stereocenters. The molecule has 0 spiro atoms. The minimum absolute atomic E-state index is 0.0593. The van der Waals surface area contributed by atoms with Gasteiger partial charge >= 0.3 is 0 Å². The van der Waals surface area contributed by atoms with Crippen LogP contribution in [-0.4, -0.2) is 13.0 Å². The van der Waals surface area contributed by atoms with Gasteiger partial charge in [-0.25, -0.2) is 0 Å². The maximum absolute atomic E-state index is 11.2. The van der Waals surface area contributed by atoms with E-state index in [2.05, 4.69) is 0 Å². The molecular weight excluding hydrogens is 224 g/mol. The quantitative estimate of drug-likeness (QED) is 0.826. The number of aryl methyl sites for hydroxylation is 3. The molecule has 0 amide bonds. The van der Waals surface area contributed by atoms with Crippen molar-refractivity contribution in [3.8, 4) is 0 Å². The smallest absolute Gasteiger partial charge is 0.282 e. The molecule has 3 nitrogen and oxygen atoms in total. The first kappa shape index (κ1) is 13.2. The second-order valence-electron chi connectivity index (χ2n) is 3.97. The standard InChI is InChI=1S/C12H18O3S/c1-4-6-11-8-10(5-2)9(3)7-12(11)16(13,14)15/h7-8H,4-6H2,1-3H3,(H,13,14,15). The van der Waals surface area contributed by atoms with Gasteiger partial charge in [-0.05, 0) is 42.5 Å². The van der Waals surface area contributed by atoms with E-state index in [1.54, 1.807) is 6.07 Å². The Balaban J connectivity index is 3.42. The summed E-state index contributed by atoms with van der Waals surface area (Å²) >= 11 is 0. The molecule has 0 aliphatic carbocycles. The van der Waals surface area contributed by atoms with E-state index >= 15 is 0 Å². The summed E-state index contributed by atoms with van der Waals surface area (Å²) in [6, 6.07) is 3.46. The lowest BCUT2D eigenvalue weighted by Gasteiger charge is -2.11. The molecular formula is C12H18O3S. The van der Waals surface area contributed by atoms with E-state index in [-0.39, 0.29) is 4.90 Å². The maximum Gasteiger partial charge on any atom is 0.294 e. The predicted octanol–water partition coefficient (Wildman–Crippen LogP) is 2.76. The minimum atomic E-state index is -4.10. The van der Waals surface area contributed by atoms with Gasteiger partial charge in [-0.2, -0.15) is 8.42 Å². The summed E-state index contributed by atoms with van der Waals surface area (Å²) in [6.07, 6.45) is 2.39. The molecule has 1 N–H and O–H groups in total. The molecule has 90 valence electrons.